The minimum atomic E-state index is -3.41. The number of benzene rings is 1. The number of sulfonamides is 1. The van der Waals surface area contributed by atoms with Crippen LogP contribution in [0, 0.1) is 0 Å². The Hall–Kier alpha value is -1.99. The highest BCUT2D eigenvalue weighted by atomic mass is 32.2. The van der Waals surface area contributed by atoms with Gasteiger partial charge in [0.15, 0.2) is 0 Å². The molecular formula is C12H14N4O2S. The highest BCUT2D eigenvalue weighted by Crippen LogP contribution is 2.12. The summed E-state index contributed by atoms with van der Waals surface area (Å²) >= 11 is 0. The molecule has 0 aliphatic rings. The fraction of sp³-hybridized carbons (Fsp3) is 0.167. The number of anilines is 1. The van der Waals surface area contributed by atoms with Crippen molar-refractivity contribution < 1.29 is 8.42 Å². The van der Waals surface area contributed by atoms with E-state index in [0.29, 0.717) is 12.4 Å². The maximum Gasteiger partial charge on any atom is 0.240 e. The highest BCUT2D eigenvalue weighted by molar-refractivity contribution is 7.89. The van der Waals surface area contributed by atoms with E-state index in [9.17, 15) is 8.42 Å². The van der Waals surface area contributed by atoms with E-state index in [0.717, 1.165) is 5.56 Å². The van der Waals surface area contributed by atoms with Crippen molar-refractivity contribution in [3.63, 3.8) is 0 Å². The maximum absolute atomic E-state index is 11.7. The fourth-order valence-electron chi connectivity index (χ4n) is 1.52. The van der Waals surface area contributed by atoms with E-state index < -0.39 is 10.0 Å². The van der Waals surface area contributed by atoms with Crippen molar-refractivity contribution in [3.8, 4) is 0 Å². The number of rotatable bonds is 5. The van der Waals surface area contributed by atoms with E-state index in [1.54, 1.807) is 36.8 Å². The van der Waals surface area contributed by atoms with Gasteiger partial charge in [0.1, 0.15) is 5.82 Å². The van der Waals surface area contributed by atoms with Gasteiger partial charge < -0.3 is 5.32 Å². The zero-order valence-electron chi connectivity index (χ0n) is 10.4. The molecule has 1 aromatic heterocycles. The first-order valence-electron chi connectivity index (χ1n) is 5.64. The lowest BCUT2D eigenvalue weighted by Crippen LogP contribution is -2.18. The molecule has 0 saturated carbocycles. The number of hydrogen-bond acceptors (Lipinski definition) is 5. The Kier molecular flexibility index (Phi) is 4.08. The molecule has 7 heteroatoms. The van der Waals surface area contributed by atoms with E-state index in [-0.39, 0.29) is 4.90 Å². The molecule has 100 valence electrons. The molecule has 0 fully saturated rings. The first-order chi connectivity index (χ1) is 9.12. The van der Waals surface area contributed by atoms with Gasteiger partial charge in [0, 0.05) is 18.9 Å². The third-order valence-corrected chi connectivity index (χ3v) is 3.93. The summed E-state index contributed by atoms with van der Waals surface area (Å²) in [7, 11) is -2.02. The molecule has 0 atom stereocenters. The molecule has 0 bridgehead atoms. The van der Waals surface area contributed by atoms with E-state index in [2.05, 4.69) is 20.0 Å². The standard InChI is InChI=1S/C12H14N4O2S/c1-13-19(17,18)11-4-2-3-10(7-11)8-16-12-9-14-5-6-15-12/h2-7,9,13H,8H2,1H3,(H,15,16). The number of nitrogens with zero attached hydrogens (tertiary/aromatic N) is 2. The van der Waals surface area contributed by atoms with Crippen LogP contribution in [0.4, 0.5) is 5.82 Å². The van der Waals surface area contributed by atoms with Crippen LogP contribution in [-0.2, 0) is 16.6 Å². The average molecular weight is 278 g/mol. The van der Waals surface area contributed by atoms with Crippen molar-refractivity contribution in [1.82, 2.24) is 14.7 Å². The molecule has 0 radical (unpaired) electrons. The normalized spacial score (nSPS) is 11.2. The van der Waals surface area contributed by atoms with Gasteiger partial charge in [-0.1, -0.05) is 12.1 Å². The topological polar surface area (TPSA) is 84.0 Å². The summed E-state index contributed by atoms with van der Waals surface area (Å²) in [6, 6.07) is 6.73. The quantitative estimate of drug-likeness (QED) is 0.852. The molecule has 0 unspecified atom stereocenters. The van der Waals surface area contributed by atoms with Crippen LogP contribution in [-0.4, -0.2) is 25.4 Å². The van der Waals surface area contributed by atoms with E-state index in [1.807, 2.05) is 6.07 Å². The predicted molar refractivity (Wildman–Crippen MR) is 72.0 cm³/mol. The van der Waals surface area contributed by atoms with Gasteiger partial charge in [-0.3, -0.25) is 4.98 Å². The molecule has 1 heterocycles. The molecule has 2 aromatic rings. The summed E-state index contributed by atoms with van der Waals surface area (Å²) in [6.45, 7) is 0.478. The molecule has 1 aromatic carbocycles. The fourth-order valence-corrected chi connectivity index (χ4v) is 2.32. The second-order valence-electron chi connectivity index (χ2n) is 3.80. The molecule has 2 rings (SSSR count). The molecule has 6 nitrogen and oxygen atoms in total. The second kappa shape index (κ2) is 5.77. The second-order valence-corrected chi connectivity index (χ2v) is 5.69. The Morgan fingerprint density at radius 3 is 2.79 bits per heavy atom. The number of hydrogen-bond donors (Lipinski definition) is 2. The zero-order chi connectivity index (χ0) is 13.7. The van der Waals surface area contributed by atoms with E-state index >= 15 is 0 Å². The SMILES string of the molecule is CNS(=O)(=O)c1cccc(CNc2cnccn2)c1. The van der Waals surface area contributed by atoms with Crippen molar-refractivity contribution in [3.05, 3.63) is 48.4 Å². The van der Waals surface area contributed by atoms with Crippen molar-refractivity contribution in [2.24, 2.45) is 0 Å². The number of nitrogens with one attached hydrogen (secondary N) is 2. The van der Waals surface area contributed by atoms with E-state index in [4.69, 9.17) is 0 Å². The molecule has 2 N–H and O–H groups in total. The minimum absolute atomic E-state index is 0.244. The molecule has 19 heavy (non-hydrogen) atoms. The van der Waals surface area contributed by atoms with Gasteiger partial charge in [0.2, 0.25) is 10.0 Å². The molecular weight excluding hydrogens is 264 g/mol. The Labute approximate surface area is 112 Å². The minimum Gasteiger partial charge on any atom is -0.365 e. The highest BCUT2D eigenvalue weighted by Gasteiger charge is 2.11. The van der Waals surface area contributed by atoms with Crippen LogP contribution in [0.15, 0.2) is 47.8 Å². The summed E-state index contributed by atoms with van der Waals surface area (Å²) in [5, 5.41) is 3.07. The third kappa shape index (κ3) is 3.49. The maximum atomic E-state index is 11.7. The summed E-state index contributed by atoms with van der Waals surface area (Å²) in [5.74, 6) is 0.643. The molecule has 0 aliphatic heterocycles. The zero-order valence-corrected chi connectivity index (χ0v) is 11.2. The van der Waals surface area contributed by atoms with Crippen molar-refractivity contribution in [2.75, 3.05) is 12.4 Å². The first kappa shape index (κ1) is 13.4. The molecule has 0 spiro atoms. The lowest BCUT2D eigenvalue weighted by molar-refractivity contribution is 0.588. The summed E-state index contributed by atoms with van der Waals surface area (Å²) in [4.78, 5) is 8.26. The van der Waals surface area contributed by atoms with Crippen LogP contribution >= 0.6 is 0 Å². The summed E-state index contributed by atoms with van der Waals surface area (Å²) in [6.07, 6.45) is 4.78. The van der Waals surface area contributed by atoms with Gasteiger partial charge >= 0.3 is 0 Å². The van der Waals surface area contributed by atoms with Crippen LogP contribution in [0.2, 0.25) is 0 Å². The lowest BCUT2D eigenvalue weighted by Gasteiger charge is -2.07. The molecule has 0 amide bonds. The Morgan fingerprint density at radius 1 is 1.26 bits per heavy atom. The Balaban J connectivity index is 2.12. The van der Waals surface area contributed by atoms with Gasteiger partial charge in [-0.15, -0.1) is 0 Å². The average Bonchev–Trinajstić information content (AvgIpc) is 2.46. The van der Waals surface area contributed by atoms with Gasteiger partial charge in [-0.25, -0.2) is 18.1 Å². The molecule has 0 aliphatic carbocycles. The smallest absolute Gasteiger partial charge is 0.240 e. The lowest BCUT2D eigenvalue weighted by atomic mass is 10.2. The van der Waals surface area contributed by atoms with Crippen molar-refractivity contribution in [2.45, 2.75) is 11.4 Å². The van der Waals surface area contributed by atoms with Crippen LogP contribution in [0.5, 0.6) is 0 Å². The predicted octanol–water partition coefficient (Wildman–Crippen LogP) is 0.997. The third-order valence-electron chi connectivity index (χ3n) is 2.51. The van der Waals surface area contributed by atoms with Crippen LogP contribution < -0.4 is 10.0 Å². The first-order valence-corrected chi connectivity index (χ1v) is 7.12. The van der Waals surface area contributed by atoms with Crippen LogP contribution in [0.3, 0.4) is 0 Å². The monoisotopic (exact) mass is 278 g/mol. The van der Waals surface area contributed by atoms with Gasteiger partial charge in [0.05, 0.1) is 11.1 Å². The largest absolute Gasteiger partial charge is 0.365 e. The van der Waals surface area contributed by atoms with Gasteiger partial charge in [-0.05, 0) is 24.7 Å². The van der Waals surface area contributed by atoms with Gasteiger partial charge in [-0.2, -0.15) is 0 Å². The van der Waals surface area contributed by atoms with Gasteiger partial charge in [0.25, 0.3) is 0 Å². The van der Waals surface area contributed by atoms with Crippen molar-refractivity contribution >= 4 is 15.8 Å². The summed E-state index contributed by atoms with van der Waals surface area (Å²) in [5.41, 5.74) is 0.849. The Bertz CT molecular complexity index is 644. The van der Waals surface area contributed by atoms with Crippen LogP contribution in [0.1, 0.15) is 5.56 Å². The molecule has 0 saturated heterocycles. The summed E-state index contributed by atoms with van der Waals surface area (Å²) < 4.78 is 25.6. The van der Waals surface area contributed by atoms with Crippen molar-refractivity contribution in [1.29, 1.82) is 0 Å². The number of aromatic nitrogens is 2. The van der Waals surface area contributed by atoms with Crippen LogP contribution in [0.25, 0.3) is 0 Å². The Morgan fingerprint density at radius 2 is 2.11 bits per heavy atom. The van der Waals surface area contributed by atoms with E-state index in [1.165, 1.54) is 7.05 Å².